The maximum absolute atomic E-state index is 10.9. The van der Waals surface area contributed by atoms with Crippen LogP contribution < -0.4 is 4.74 Å². The number of nitrogens with zero attached hydrogens (tertiary/aromatic N) is 1. The van der Waals surface area contributed by atoms with Crippen molar-refractivity contribution in [3.05, 3.63) is 67.1 Å². The Kier molecular flexibility index (Phi) is 5.17. The minimum Gasteiger partial charge on any atom is -0.488 e. The summed E-state index contributed by atoms with van der Waals surface area (Å²) in [6, 6.07) is 9.77. The van der Waals surface area contributed by atoms with E-state index in [9.17, 15) is 15.2 Å². The SMILES string of the molecule is O=[N+]([O-])c1cccc(COc2cccc(Cl)c2CO)c1Br. The Morgan fingerprint density at radius 3 is 2.67 bits per heavy atom. The van der Waals surface area contributed by atoms with E-state index in [-0.39, 0.29) is 18.9 Å². The molecule has 0 atom stereocenters. The zero-order chi connectivity index (χ0) is 15.4. The van der Waals surface area contributed by atoms with Gasteiger partial charge in [0.2, 0.25) is 0 Å². The molecule has 1 N–H and O–H groups in total. The molecule has 21 heavy (non-hydrogen) atoms. The molecule has 2 aromatic carbocycles. The number of ether oxygens (including phenoxy) is 1. The maximum atomic E-state index is 10.9. The van der Waals surface area contributed by atoms with Gasteiger partial charge in [0.25, 0.3) is 5.69 Å². The van der Waals surface area contributed by atoms with Crippen LogP contribution in [-0.4, -0.2) is 10.0 Å². The highest BCUT2D eigenvalue weighted by molar-refractivity contribution is 9.10. The molecule has 0 aliphatic heterocycles. The predicted molar refractivity (Wildman–Crippen MR) is 82.5 cm³/mol. The van der Waals surface area contributed by atoms with Gasteiger partial charge in [-0.15, -0.1) is 0 Å². The van der Waals surface area contributed by atoms with Crippen LogP contribution in [0.25, 0.3) is 0 Å². The van der Waals surface area contributed by atoms with Gasteiger partial charge >= 0.3 is 0 Å². The molecule has 0 saturated carbocycles. The highest BCUT2D eigenvalue weighted by atomic mass is 79.9. The van der Waals surface area contributed by atoms with Crippen molar-refractivity contribution >= 4 is 33.2 Å². The summed E-state index contributed by atoms with van der Waals surface area (Å²) in [5, 5.41) is 20.6. The molecular weight excluding hydrogens is 362 g/mol. The molecule has 7 heteroatoms. The van der Waals surface area contributed by atoms with Crippen molar-refractivity contribution in [3.63, 3.8) is 0 Å². The molecule has 110 valence electrons. The Morgan fingerprint density at radius 2 is 2.00 bits per heavy atom. The molecule has 0 aromatic heterocycles. The van der Waals surface area contributed by atoms with Gasteiger partial charge in [-0.3, -0.25) is 10.1 Å². The maximum Gasteiger partial charge on any atom is 0.283 e. The molecule has 0 fully saturated rings. The zero-order valence-electron chi connectivity index (χ0n) is 10.8. The van der Waals surface area contributed by atoms with Crippen molar-refractivity contribution < 1.29 is 14.8 Å². The molecule has 2 aromatic rings. The van der Waals surface area contributed by atoms with Crippen molar-refractivity contribution in [2.24, 2.45) is 0 Å². The molecule has 0 heterocycles. The quantitative estimate of drug-likeness (QED) is 0.634. The van der Waals surface area contributed by atoms with Gasteiger partial charge in [0.1, 0.15) is 16.8 Å². The Labute approximate surface area is 134 Å². The predicted octanol–water partition coefficient (Wildman–Crippen LogP) is 4.08. The summed E-state index contributed by atoms with van der Waals surface area (Å²) in [6.07, 6.45) is 0. The van der Waals surface area contributed by atoms with E-state index in [1.807, 2.05) is 0 Å². The minimum atomic E-state index is -0.466. The molecule has 0 aliphatic rings. The van der Waals surface area contributed by atoms with Crippen molar-refractivity contribution in [2.75, 3.05) is 0 Å². The van der Waals surface area contributed by atoms with Crippen LogP contribution in [0.4, 0.5) is 5.69 Å². The highest BCUT2D eigenvalue weighted by Crippen LogP contribution is 2.31. The number of aliphatic hydroxyl groups excluding tert-OH is 1. The number of hydrogen-bond donors (Lipinski definition) is 1. The third-order valence-corrected chi connectivity index (χ3v) is 4.14. The van der Waals surface area contributed by atoms with E-state index in [4.69, 9.17) is 16.3 Å². The van der Waals surface area contributed by atoms with Crippen LogP contribution in [0.15, 0.2) is 40.9 Å². The van der Waals surface area contributed by atoms with Gasteiger partial charge in [0.05, 0.1) is 11.5 Å². The van der Waals surface area contributed by atoms with Gasteiger partial charge in [0, 0.05) is 22.2 Å². The first-order valence-electron chi connectivity index (χ1n) is 5.97. The van der Waals surface area contributed by atoms with Crippen molar-refractivity contribution in [1.82, 2.24) is 0 Å². The van der Waals surface area contributed by atoms with Crippen LogP contribution in [0.2, 0.25) is 5.02 Å². The lowest BCUT2D eigenvalue weighted by Crippen LogP contribution is -2.01. The Balaban J connectivity index is 2.23. The van der Waals surface area contributed by atoms with Crippen molar-refractivity contribution in [3.8, 4) is 5.75 Å². The number of nitro groups is 1. The van der Waals surface area contributed by atoms with Crippen LogP contribution in [0, 0.1) is 10.1 Å². The van der Waals surface area contributed by atoms with Gasteiger partial charge in [-0.2, -0.15) is 0 Å². The molecule has 0 bridgehead atoms. The van der Waals surface area contributed by atoms with Crippen LogP contribution in [0.3, 0.4) is 0 Å². The van der Waals surface area contributed by atoms with Gasteiger partial charge in [0.15, 0.2) is 0 Å². The van der Waals surface area contributed by atoms with E-state index in [0.717, 1.165) is 0 Å². The summed E-state index contributed by atoms with van der Waals surface area (Å²) in [5.74, 6) is 0.448. The third kappa shape index (κ3) is 3.53. The largest absolute Gasteiger partial charge is 0.488 e. The van der Waals surface area contributed by atoms with Gasteiger partial charge < -0.3 is 9.84 Å². The summed E-state index contributed by atoms with van der Waals surface area (Å²) in [5.41, 5.74) is 1.10. The van der Waals surface area contributed by atoms with E-state index in [2.05, 4.69) is 15.9 Å². The van der Waals surface area contributed by atoms with Gasteiger partial charge in [-0.05, 0) is 28.1 Å². The Hall–Kier alpha value is -1.63. The van der Waals surface area contributed by atoms with Gasteiger partial charge in [-0.1, -0.05) is 29.8 Å². The van der Waals surface area contributed by atoms with Crippen LogP contribution in [0.5, 0.6) is 5.75 Å². The number of aliphatic hydroxyl groups is 1. The summed E-state index contributed by atoms with van der Waals surface area (Å²) >= 11 is 9.18. The second kappa shape index (κ2) is 6.89. The summed E-state index contributed by atoms with van der Waals surface area (Å²) < 4.78 is 5.99. The molecule has 0 aliphatic carbocycles. The average molecular weight is 373 g/mol. The molecule has 0 saturated heterocycles. The first kappa shape index (κ1) is 15.8. The highest BCUT2D eigenvalue weighted by Gasteiger charge is 2.15. The van der Waals surface area contributed by atoms with E-state index >= 15 is 0 Å². The lowest BCUT2D eigenvalue weighted by molar-refractivity contribution is -0.385. The minimum absolute atomic E-state index is 0.0235. The second-order valence-electron chi connectivity index (χ2n) is 4.17. The summed E-state index contributed by atoms with van der Waals surface area (Å²) in [7, 11) is 0. The smallest absolute Gasteiger partial charge is 0.283 e. The fourth-order valence-corrected chi connectivity index (χ4v) is 2.55. The molecule has 0 unspecified atom stereocenters. The zero-order valence-corrected chi connectivity index (χ0v) is 13.1. The summed E-state index contributed by atoms with van der Waals surface area (Å²) in [4.78, 5) is 10.4. The standard InChI is InChI=1S/C14H11BrClNO4/c15-14-9(3-1-5-12(14)17(19)20)8-21-13-6-2-4-11(16)10(13)7-18/h1-6,18H,7-8H2. The Morgan fingerprint density at radius 1 is 1.29 bits per heavy atom. The number of nitro benzene ring substituents is 1. The first-order valence-corrected chi connectivity index (χ1v) is 7.14. The third-order valence-electron chi connectivity index (χ3n) is 2.87. The fourth-order valence-electron chi connectivity index (χ4n) is 1.80. The van der Waals surface area contributed by atoms with Crippen LogP contribution >= 0.6 is 27.5 Å². The normalized spacial score (nSPS) is 10.4. The Bertz CT molecular complexity index is 678. The van der Waals surface area contributed by atoms with Crippen molar-refractivity contribution in [1.29, 1.82) is 0 Å². The molecule has 0 amide bonds. The molecule has 0 spiro atoms. The lowest BCUT2D eigenvalue weighted by atomic mass is 10.2. The molecular formula is C14H11BrClNO4. The second-order valence-corrected chi connectivity index (χ2v) is 5.37. The monoisotopic (exact) mass is 371 g/mol. The number of hydrogen-bond acceptors (Lipinski definition) is 4. The van der Waals surface area contributed by atoms with E-state index in [1.54, 1.807) is 30.3 Å². The number of rotatable bonds is 5. The van der Waals surface area contributed by atoms with Gasteiger partial charge in [-0.25, -0.2) is 0 Å². The lowest BCUT2D eigenvalue weighted by Gasteiger charge is -2.12. The number of benzene rings is 2. The van der Waals surface area contributed by atoms with E-state index < -0.39 is 4.92 Å². The van der Waals surface area contributed by atoms with Crippen molar-refractivity contribution in [2.45, 2.75) is 13.2 Å². The molecule has 5 nitrogen and oxygen atoms in total. The average Bonchev–Trinajstić information content (AvgIpc) is 2.46. The summed E-state index contributed by atoms with van der Waals surface area (Å²) in [6.45, 7) is -0.124. The van der Waals surface area contributed by atoms with Crippen LogP contribution in [-0.2, 0) is 13.2 Å². The fraction of sp³-hybridized carbons (Fsp3) is 0.143. The van der Waals surface area contributed by atoms with Crippen LogP contribution in [0.1, 0.15) is 11.1 Å². The first-order chi connectivity index (χ1) is 10.0. The number of halogens is 2. The molecule has 0 radical (unpaired) electrons. The topological polar surface area (TPSA) is 72.6 Å². The van der Waals surface area contributed by atoms with E-state index in [0.29, 0.717) is 26.4 Å². The molecule has 2 rings (SSSR count). The van der Waals surface area contributed by atoms with E-state index in [1.165, 1.54) is 6.07 Å².